The molecule has 2 aromatic heterocycles. The number of methoxy groups -OCH3 is 2. The summed E-state index contributed by atoms with van der Waals surface area (Å²) < 4.78 is 11.1. The van der Waals surface area contributed by atoms with Gasteiger partial charge in [-0.2, -0.15) is 0 Å². The van der Waals surface area contributed by atoms with Crippen molar-refractivity contribution in [3.05, 3.63) is 161 Å². The van der Waals surface area contributed by atoms with Gasteiger partial charge in [0.15, 0.2) is 0 Å². The number of nitrogens with two attached hydrogens (primary N) is 1. The number of aromatic nitrogens is 4. The maximum atomic E-state index is 11.8. The minimum Gasteiger partial charge on any atom is -0.496 e. The van der Waals surface area contributed by atoms with Gasteiger partial charge in [-0.05, 0) is 104 Å². The van der Waals surface area contributed by atoms with E-state index in [0.29, 0.717) is 60.6 Å². The molecule has 8 rings (SSSR count). The van der Waals surface area contributed by atoms with Gasteiger partial charge in [-0.1, -0.05) is 43.5 Å². The quantitative estimate of drug-likeness (QED) is 0.0441. The van der Waals surface area contributed by atoms with Crippen molar-refractivity contribution in [1.82, 2.24) is 29.7 Å². The molecule has 0 atom stereocenters. The Morgan fingerprint density at radius 3 is 1.68 bits per heavy atom. The van der Waals surface area contributed by atoms with Crippen molar-refractivity contribution >= 4 is 75.3 Å². The molecule has 18 heteroatoms. The van der Waals surface area contributed by atoms with Gasteiger partial charge in [0.1, 0.15) is 29.0 Å². The largest absolute Gasteiger partial charge is 0.496 e. The molecule has 2 aliphatic rings. The zero-order valence-corrected chi connectivity index (χ0v) is 41.4. The van der Waals surface area contributed by atoms with E-state index in [-0.39, 0.29) is 28.9 Å². The highest BCUT2D eigenvalue weighted by molar-refractivity contribution is 6.28. The van der Waals surface area contributed by atoms with Gasteiger partial charge in [0.25, 0.3) is 0 Å². The van der Waals surface area contributed by atoms with E-state index in [1.807, 2.05) is 78.2 Å². The van der Waals surface area contributed by atoms with E-state index in [4.69, 9.17) is 31.8 Å². The molecule has 0 aliphatic carbocycles. The second-order valence-electron chi connectivity index (χ2n) is 16.6. The molecule has 368 valence electrons. The molecule has 0 unspecified atom stereocenters. The lowest BCUT2D eigenvalue weighted by Crippen LogP contribution is -2.34. The first-order valence-electron chi connectivity index (χ1n) is 22.6. The number of nitrogens with zero attached hydrogens (tertiary/aromatic N) is 6. The number of fused-ring (bicyclic) bond motifs is 2. The zero-order valence-electron chi connectivity index (χ0n) is 40.7. The molecule has 4 heterocycles. The molecule has 6 N–H and O–H groups in total. The Morgan fingerprint density at radius 1 is 0.690 bits per heavy atom. The minimum atomic E-state index is -0.268. The van der Waals surface area contributed by atoms with Gasteiger partial charge < -0.3 is 46.3 Å². The van der Waals surface area contributed by atoms with Crippen LogP contribution in [0, 0.1) is 13.8 Å². The molecular weight excluding hydrogens is 922 g/mol. The lowest BCUT2D eigenvalue weighted by molar-refractivity contribution is -0.130. The fraction of sp³-hybridized carbons (Fsp3) is 0.245. The first kappa shape index (κ1) is 52.1. The number of aryl methyl sites for hydroxylation is 2. The van der Waals surface area contributed by atoms with Crippen LogP contribution in [0.2, 0.25) is 5.28 Å². The Hall–Kier alpha value is -8.31. The van der Waals surface area contributed by atoms with E-state index in [9.17, 15) is 19.2 Å². The molecule has 4 aromatic carbocycles. The molecule has 71 heavy (non-hydrogen) atoms. The van der Waals surface area contributed by atoms with Crippen LogP contribution in [-0.4, -0.2) is 80.7 Å². The van der Waals surface area contributed by atoms with Crippen molar-refractivity contribution in [2.45, 2.75) is 60.0 Å². The zero-order chi connectivity index (χ0) is 51.2. The van der Waals surface area contributed by atoms with Crippen molar-refractivity contribution in [3.63, 3.8) is 0 Å². The molecule has 6 aromatic rings. The standard InChI is InChI=1S/C27H29N5O3.C14H13ClN4O.C12H16N2O2/c1-5-25(34)29-21-7-6-8-22(14-21)30-27-17(2)15-28-24(31-27)13-19-9-10-20-16-32(18(3)33)12-11-23(20)26(19)35-4;1-3-12(20)17-10-5-4-6-11(7-10)18-13-9(2)8-16-14(15)19-13;1-8(15)14-6-5-10-9(7-14)3-4-11(13)12(10)16-2/h5-10,14-15H,1,11-13,16H2,2-4H3,(H,29,34)(H,28,30,31);3-8H,1H2,2H3,(H,17,20)(H,16,18,19);3-4H,5-7,13H2,1-2H3. The molecule has 0 bridgehead atoms. The Morgan fingerprint density at radius 2 is 1.17 bits per heavy atom. The second kappa shape index (κ2) is 24.3. The SMILES string of the molecule is C=CC(=O)Nc1cccc(Nc2nc(Cc3ccc4c(c3OC)CCN(C(C)=O)C4)ncc2C)c1.C=CC(=O)Nc1cccc(Nc2nc(Cl)ncc2C)c1.COc1c(N)ccc2c1CCN(C(C)=O)C2. The molecule has 0 radical (unpaired) electrons. The molecule has 0 saturated carbocycles. The molecule has 0 spiro atoms. The van der Waals surface area contributed by atoms with Crippen LogP contribution in [0.25, 0.3) is 0 Å². The van der Waals surface area contributed by atoms with Gasteiger partial charge in [0.05, 0.1) is 19.9 Å². The van der Waals surface area contributed by atoms with E-state index < -0.39 is 0 Å². The molecule has 2 aliphatic heterocycles. The Balaban J connectivity index is 0.000000193. The van der Waals surface area contributed by atoms with Crippen molar-refractivity contribution in [2.75, 3.05) is 54.3 Å². The summed E-state index contributed by atoms with van der Waals surface area (Å²) in [6, 6.07) is 22.6. The summed E-state index contributed by atoms with van der Waals surface area (Å²) in [6.07, 6.45) is 7.96. The third-order valence-electron chi connectivity index (χ3n) is 11.6. The Labute approximate surface area is 418 Å². The first-order chi connectivity index (χ1) is 34.1. The number of rotatable bonds is 12. The van der Waals surface area contributed by atoms with E-state index in [2.05, 4.69) is 55.4 Å². The molecule has 17 nitrogen and oxygen atoms in total. The van der Waals surface area contributed by atoms with Crippen molar-refractivity contribution in [3.8, 4) is 11.5 Å². The highest BCUT2D eigenvalue weighted by atomic mass is 35.5. The van der Waals surface area contributed by atoms with Crippen LogP contribution in [0.15, 0.2) is 111 Å². The molecule has 0 saturated heterocycles. The summed E-state index contributed by atoms with van der Waals surface area (Å²) >= 11 is 5.77. The van der Waals surface area contributed by atoms with E-state index in [0.717, 1.165) is 81.2 Å². The van der Waals surface area contributed by atoms with E-state index in [1.54, 1.807) is 52.6 Å². The summed E-state index contributed by atoms with van der Waals surface area (Å²) in [5.41, 5.74) is 16.7. The predicted molar refractivity (Wildman–Crippen MR) is 278 cm³/mol. The van der Waals surface area contributed by atoms with Gasteiger partial charge in [-0.25, -0.2) is 19.9 Å². The highest BCUT2D eigenvalue weighted by Crippen LogP contribution is 2.35. The fourth-order valence-electron chi connectivity index (χ4n) is 7.90. The predicted octanol–water partition coefficient (Wildman–Crippen LogP) is 8.65. The highest BCUT2D eigenvalue weighted by Gasteiger charge is 2.24. The summed E-state index contributed by atoms with van der Waals surface area (Å²) in [7, 11) is 3.31. The van der Waals surface area contributed by atoms with Gasteiger partial charge in [0, 0.05) is 109 Å². The van der Waals surface area contributed by atoms with Gasteiger partial charge >= 0.3 is 0 Å². The maximum Gasteiger partial charge on any atom is 0.247 e. The first-order valence-corrected chi connectivity index (χ1v) is 23.0. The number of carbonyl (C=O) groups is 4. The Bertz CT molecular complexity index is 2960. The number of ether oxygens (including phenoxy) is 2. The lowest BCUT2D eigenvalue weighted by atomic mass is 9.94. The topological polar surface area (TPSA) is 219 Å². The van der Waals surface area contributed by atoms with Crippen LogP contribution in [0.1, 0.15) is 58.6 Å². The van der Waals surface area contributed by atoms with Gasteiger partial charge in [0.2, 0.25) is 28.9 Å². The number of hydrogen-bond acceptors (Lipinski definition) is 13. The number of nitrogen functional groups attached to an aromatic ring is 1. The third-order valence-corrected chi connectivity index (χ3v) is 11.8. The summed E-state index contributed by atoms with van der Waals surface area (Å²) in [5, 5.41) is 12.1. The average Bonchev–Trinajstić information content (AvgIpc) is 3.36. The van der Waals surface area contributed by atoms with Crippen molar-refractivity contribution in [1.29, 1.82) is 0 Å². The summed E-state index contributed by atoms with van der Waals surface area (Å²) in [6.45, 7) is 16.6. The lowest BCUT2D eigenvalue weighted by Gasteiger charge is -2.29. The fourth-order valence-corrected chi connectivity index (χ4v) is 8.03. The normalized spacial score (nSPS) is 12.2. The summed E-state index contributed by atoms with van der Waals surface area (Å²) in [4.78, 5) is 67.0. The van der Waals surface area contributed by atoms with Crippen molar-refractivity contribution in [2.24, 2.45) is 0 Å². The van der Waals surface area contributed by atoms with Crippen LogP contribution in [0.5, 0.6) is 11.5 Å². The van der Waals surface area contributed by atoms with Crippen LogP contribution >= 0.6 is 11.6 Å². The summed E-state index contributed by atoms with van der Waals surface area (Å²) in [5.74, 6) is 3.25. The molecule has 4 amide bonds. The smallest absolute Gasteiger partial charge is 0.247 e. The number of benzene rings is 4. The molecular formula is C53H58ClN11O6. The maximum absolute atomic E-state index is 11.8. The van der Waals surface area contributed by atoms with E-state index in [1.165, 1.54) is 12.2 Å². The van der Waals surface area contributed by atoms with E-state index >= 15 is 0 Å². The third kappa shape index (κ3) is 13.9. The van der Waals surface area contributed by atoms with Crippen LogP contribution in [0.3, 0.4) is 0 Å². The van der Waals surface area contributed by atoms with Crippen LogP contribution in [0.4, 0.5) is 40.1 Å². The monoisotopic (exact) mass is 979 g/mol. The van der Waals surface area contributed by atoms with Crippen LogP contribution in [-0.2, 0) is 51.5 Å². The number of nitrogens with one attached hydrogen (secondary N) is 4. The number of halogens is 1. The van der Waals surface area contributed by atoms with Gasteiger partial charge in [-0.15, -0.1) is 0 Å². The number of amides is 4. The number of hydrogen-bond donors (Lipinski definition) is 5. The number of anilines is 7. The van der Waals surface area contributed by atoms with Gasteiger partial charge in [-0.3, -0.25) is 19.2 Å². The second-order valence-corrected chi connectivity index (χ2v) is 16.9. The minimum absolute atomic E-state index is 0.0837. The van der Waals surface area contributed by atoms with Crippen LogP contribution < -0.4 is 36.5 Å². The molecule has 0 fully saturated rings. The van der Waals surface area contributed by atoms with Crippen molar-refractivity contribution < 1.29 is 28.7 Å². The average molecular weight is 981 g/mol. The number of carbonyl (C=O) groups excluding carboxylic acids is 4. The Kier molecular flexibility index (Phi) is 17.8.